The van der Waals surface area contributed by atoms with E-state index in [1.807, 2.05) is 0 Å². The first-order chi connectivity index (χ1) is 9.90. The molecule has 21 heavy (non-hydrogen) atoms. The topological polar surface area (TPSA) is 103 Å². The first kappa shape index (κ1) is 15.5. The molecule has 1 aromatic heterocycles. The van der Waals surface area contributed by atoms with Gasteiger partial charge in [-0.2, -0.15) is 0 Å². The Morgan fingerprint density at radius 3 is 2.52 bits per heavy atom. The van der Waals surface area contributed by atoms with E-state index < -0.39 is 10.9 Å². The first-order valence-corrected chi connectivity index (χ1v) is 7.04. The van der Waals surface area contributed by atoms with Crippen LogP contribution >= 0.6 is 31.9 Å². The molecule has 0 unspecified atom stereocenters. The standard InChI is InChI=1S/C12H7Br2NO6/c13-8-3-6(15(18)19)4-9(14)11(8)21-5-10-7(12(16)17)1-2-20-10/h1-4H,5H2,(H,16,17). The summed E-state index contributed by atoms with van der Waals surface area (Å²) in [6.07, 6.45) is 1.25. The molecule has 2 aromatic rings. The lowest BCUT2D eigenvalue weighted by atomic mass is 10.2. The Hall–Kier alpha value is -1.87. The summed E-state index contributed by atoms with van der Waals surface area (Å²) in [5.41, 5.74) is -0.102. The molecular weight excluding hydrogens is 414 g/mol. The van der Waals surface area contributed by atoms with Crippen molar-refractivity contribution in [1.29, 1.82) is 0 Å². The summed E-state index contributed by atoms with van der Waals surface area (Å²) >= 11 is 6.34. The third kappa shape index (κ3) is 3.42. The molecule has 2 rings (SSSR count). The van der Waals surface area contributed by atoms with E-state index in [0.29, 0.717) is 14.7 Å². The van der Waals surface area contributed by atoms with Crippen LogP contribution < -0.4 is 4.74 Å². The Bertz CT molecular complexity index is 689. The van der Waals surface area contributed by atoms with Gasteiger partial charge in [-0.1, -0.05) is 0 Å². The number of rotatable bonds is 5. The number of nitro groups is 1. The van der Waals surface area contributed by atoms with Gasteiger partial charge < -0.3 is 14.3 Å². The zero-order chi connectivity index (χ0) is 15.6. The molecule has 0 fully saturated rings. The van der Waals surface area contributed by atoms with Gasteiger partial charge in [-0.15, -0.1) is 0 Å². The van der Waals surface area contributed by atoms with E-state index >= 15 is 0 Å². The summed E-state index contributed by atoms with van der Waals surface area (Å²) in [5.74, 6) is -0.655. The number of nitro benzene ring substituents is 1. The highest BCUT2D eigenvalue weighted by atomic mass is 79.9. The van der Waals surface area contributed by atoms with Crippen LogP contribution in [0.2, 0.25) is 0 Å². The SMILES string of the molecule is O=C(O)c1ccoc1COc1c(Br)cc([N+](=O)[O-])cc1Br. The molecule has 0 saturated carbocycles. The minimum absolute atomic E-state index is 0.00385. The molecule has 7 nitrogen and oxygen atoms in total. The number of nitrogens with zero attached hydrogens (tertiary/aromatic N) is 1. The molecule has 1 aromatic carbocycles. The van der Waals surface area contributed by atoms with Gasteiger partial charge in [0.2, 0.25) is 0 Å². The monoisotopic (exact) mass is 419 g/mol. The van der Waals surface area contributed by atoms with Crippen molar-refractivity contribution >= 4 is 43.5 Å². The predicted octanol–water partition coefficient (Wildman–Crippen LogP) is 3.99. The van der Waals surface area contributed by atoms with Crippen molar-refractivity contribution in [3.8, 4) is 5.75 Å². The number of carboxylic acid groups (broad SMARTS) is 1. The van der Waals surface area contributed by atoms with Crippen LogP contribution in [0.25, 0.3) is 0 Å². The van der Waals surface area contributed by atoms with Crippen molar-refractivity contribution in [3.63, 3.8) is 0 Å². The Balaban J connectivity index is 2.22. The fourth-order valence-corrected chi connectivity index (χ4v) is 2.96. The minimum atomic E-state index is -1.12. The van der Waals surface area contributed by atoms with Crippen LogP contribution in [0.5, 0.6) is 5.75 Å². The number of halogens is 2. The van der Waals surface area contributed by atoms with E-state index in [-0.39, 0.29) is 23.6 Å². The number of furan rings is 1. The van der Waals surface area contributed by atoms with Crippen LogP contribution in [0.3, 0.4) is 0 Å². The second-order valence-electron chi connectivity index (χ2n) is 3.85. The Kier molecular flexibility index (Phi) is 4.63. The summed E-state index contributed by atoms with van der Waals surface area (Å²) in [5, 5.41) is 19.7. The van der Waals surface area contributed by atoms with E-state index in [4.69, 9.17) is 14.3 Å². The smallest absolute Gasteiger partial charge is 0.339 e. The van der Waals surface area contributed by atoms with Crippen LogP contribution in [0, 0.1) is 10.1 Å². The molecule has 0 spiro atoms. The van der Waals surface area contributed by atoms with E-state index in [1.165, 1.54) is 24.5 Å². The van der Waals surface area contributed by atoms with Gasteiger partial charge in [-0.3, -0.25) is 10.1 Å². The second-order valence-corrected chi connectivity index (χ2v) is 5.56. The average molecular weight is 421 g/mol. The van der Waals surface area contributed by atoms with Gasteiger partial charge in [0.15, 0.2) is 5.76 Å². The number of aromatic carboxylic acids is 1. The second kappa shape index (κ2) is 6.27. The number of carbonyl (C=O) groups is 1. The van der Waals surface area contributed by atoms with Crippen molar-refractivity contribution in [2.24, 2.45) is 0 Å². The van der Waals surface area contributed by atoms with Gasteiger partial charge in [0.1, 0.15) is 17.9 Å². The zero-order valence-corrected chi connectivity index (χ0v) is 13.4. The number of non-ortho nitro benzene ring substituents is 1. The van der Waals surface area contributed by atoms with Crippen molar-refractivity contribution in [1.82, 2.24) is 0 Å². The Morgan fingerprint density at radius 2 is 2.00 bits per heavy atom. The number of ether oxygens (including phenoxy) is 1. The maximum Gasteiger partial charge on any atom is 0.339 e. The number of hydrogen-bond donors (Lipinski definition) is 1. The largest absolute Gasteiger partial charge is 0.483 e. The molecule has 0 amide bonds. The molecule has 1 heterocycles. The molecule has 110 valence electrons. The van der Waals surface area contributed by atoms with E-state index in [9.17, 15) is 14.9 Å². The van der Waals surface area contributed by atoms with Crippen LogP contribution in [-0.2, 0) is 6.61 Å². The fourth-order valence-electron chi connectivity index (χ4n) is 1.57. The fraction of sp³-hybridized carbons (Fsp3) is 0.0833. The van der Waals surface area contributed by atoms with Gasteiger partial charge in [-0.05, 0) is 37.9 Å². The highest BCUT2D eigenvalue weighted by Crippen LogP contribution is 2.37. The van der Waals surface area contributed by atoms with Crippen LogP contribution in [0.1, 0.15) is 16.1 Å². The first-order valence-electron chi connectivity index (χ1n) is 5.46. The summed E-state index contributed by atoms with van der Waals surface area (Å²) in [6.45, 7) is -0.121. The van der Waals surface area contributed by atoms with Gasteiger partial charge >= 0.3 is 5.97 Å². The number of benzene rings is 1. The van der Waals surface area contributed by atoms with Gasteiger partial charge in [0.05, 0.1) is 20.1 Å². The third-order valence-electron chi connectivity index (χ3n) is 2.52. The maximum absolute atomic E-state index is 10.9. The maximum atomic E-state index is 10.9. The van der Waals surface area contributed by atoms with Crippen molar-refractivity contribution < 1.29 is 24.0 Å². The third-order valence-corrected chi connectivity index (χ3v) is 3.70. The molecule has 0 radical (unpaired) electrons. The Morgan fingerprint density at radius 1 is 1.38 bits per heavy atom. The lowest BCUT2D eigenvalue weighted by Crippen LogP contribution is -2.03. The lowest BCUT2D eigenvalue weighted by molar-refractivity contribution is -0.385. The van der Waals surface area contributed by atoms with Gasteiger partial charge in [-0.25, -0.2) is 4.79 Å². The highest BCUT2D eigenvalue weighted by Gasteiger charge is 2.18. The summed E-state index contributed by atoms with van der Waals surface area (Å²) in [7, 11) is 0. The van der Waals surface area contributed by atoms with Crippen LogP contribution in [0.4, 0.5) is 5.69 Å². The normalized spacial score (nSPS) is 10.4. The molecule has 0 aliphatic carbocycles. The van der Waals surface area contributed by atoms with Gasteiger partial charge in [0.25, 0.3) is 5.69 Å². The highest BCUT2D eigenvalue weighted by molar-refractivity contribution is 9.11. The van der Waals surface area contributed by atoms with E-state index in [2.05, 4.69) is 31.9 Å². The molecule has 0 aliphatic rings. The summed E-state index contributed by atoms with van der Waals surface area (Å²) in [6, 6.07) is 3.90. The van der Waals surface area contributed by atoms with Crippen LogP contribution in [0.15, 0.2) is 37.8 Å². The molecule has 9 heteroatoms. The summed E-state index contributed by atoms with van der Waals surface area (Å²) < 4.78 is 11.2. The number of carboxylic acids is 1. The van der Waals surface area contributed by atoms with Crippen molar-refractivity contribution in [2.45, 2.75) is 6.61 Å². The van der Waals surface area contributed by atoms with Gasteiger partial charge in [0, 0.05) is 12.1 Å². The van der Waals surface area contributed by atoms with Crippen molar-refractivity contribution in [3.05, 3.63) is 54.8 Å². The molecule has 0 aliphatic heterocycles. The van der Waals surface area contributed by atoms with E-state index in [0.717, 1.165) is 0 Å². The Labute approximate surface area is 134 Å². The zero-order valence-electron chi connectivity index (χ0n) is 10.2. The molecule has 0 atom stereocenters. The average Bonchev–Trinajstić information content (AvgIpc) is 2.86. The summed E-state index contributed by atoms with van der Waals surface area (Å²) in [4.78, 5) is 21.1. The molecular formula is C12H7Br2NO6. The number of hydrogen-bond acceptors (Lipinski definition) is 5. The van der Waals surface area contributed by atoms with E-state index in [1.54, 1.807) is 0 Å². The van der Waals surface area contributed by atoms with Crippen molar-refractivity contribution in [2.75, 3.05) is 0 Å². The predicted molar refractivity (Wildman–Crippen MR) is 78.5 cm³/mol. The quantitative estimate of drug-likeness (QED) is 0.579. The molecule has 0 bridgehead atoms. The van der Waals surface area contributed by atoms with Crippen LogP contribution in [-0.4, -0.2) is 16.0 Å². The lowest BCUT2D eigenvalue weighted by Gasteiger charge is -2.09. The minimum Gasteiger partial charge on any atom is -0.483 e. The molecule has 1 N–H and O–H groups in total. The molecule has 0 saturated heterocycles.